The van der Waals surface area contributed by atoms with Crippen LogP contribution in [0.2, 0.25) is 5.02 Å². The van der Waals surface area contributed by atoms with E-state index in [1.54, 1.807) is 20.8 Å². The van der Waals surface area contributed by atoms with Crippen LogP contribution < -0.4 is 16.4 Å². The molecule has 1 aliphatic carbocycles. The lowest BCUT2D eigenvalue weighted by molar-refractivity contribution is -0.150. The van der Waals surface area contributed by atoms with Crippen molar-refractivity contribution in [1.82, 2.24) is 10.6 Å². The minimum Gasteiger partial charge on any atom is -0.455 e. The van der Waals surface area contributed by atoms with Crippen molar-refractivity contribution in [3.63, 3.8) is 0 Å². The molecular weight excluding hydrogens is 474 g/mol. The van der Waals surface area contributed by atoms with Crippen LogP contribution in [0.15, 0.2) is 46.1 Å². The minimum absolute atomic E-state index is 0.0297. The topological polar surface area (TPSA) is 128 Å². The zero-order valence-corrected chi connectivity index (χ0v) is 21.0. The molecule has 1 atom stereocenters. The zero-order valence-electron chi connectivity index (χ0n) is 18.6. The average Bonchev–Trinajstić information content (AvgIpc) is 3.07. The maximum atomic E-state index is 12.8. The first-order chi connectivity index (χ1) is 14.7. The van der Waals surface area contributed by atoms with Gasteiger partial charge in [-0.1, -0.05) is 35.9 Å². The highest BCUT2D eigenvalue weighted by molar-refractivity contribution is 7.92. The number of esters is 1. The quantitative estimate of drug-likeness (QED) is 0.386. The SMILES string of the molecule is CC(C)S(=O)(=O)c1csc(C(=O)N/C(N)=C(/NC2C=CC=CC2)C(=O)OC(C)(C)C)c1Cl. The number of amides is 1. The predicted molar refractivity (Wildman–Crippen MR) is 126 cm³/mol. The van der Waals surface area contributed by atoms with Gasteiger partial charge in [-0.15, -0.1) is 11.3 Å². The molecule has 0 saturated heterocycles. The number of hydrogen-bond donors (Lipinski definition) is 3. The minimum atomic E-state index is -3.66. The molecule has 0 spiro atoms. The third-order valence-corrected chi connectivity index (χ3v) is 8.18. The van der Waals surface area contributed by atoms with Crippen molar-refractivity contribution in [2.24, 2.45) is 5.73 Å². The number of nitrogens with one attached hydrogen (secondary N) is 2. The summed E-state index contributed by atoms with van der Waals surface area (Å²) in [6, 6.07) is -0.230. The van der Waals surface area contributed by atoms with E-state index >= 15 is 0 Å². The molecule has 11 heteroatoms. The number of hydrogen-bond acceptors (Lipinski definition) is 8. The summed E-state index contributed by atoms with van der Waals surface area (Å²) in [5.41, 5.74) is 5.18. The summed E-state index contributed by atoms with van der Waals surface area (Å²) in [4.78, 5) is 25.4. The molecule has 1 aromatic heterocycles. The lowest BCUT2D eigenvalue weighted by atomic mass is 10.1. The van der Waals surface area contributed by atoms with Crippen molar-refractivity contribution in [3.8, 4) is 0 Å². The van der Waals surface area contributed by atoms with Crippen molar-refractivity contribution < 1.29 is 22.7 Å². The van der Waals surface area contributed by atoms with Gasteiger partial charge in [-0.05, 0) is 41.0 Å². The molecule has 1 amide bonds. The predicted octanol–water partition coefficient (Wildman–Crippen LogP) is 3.26. The Morgan fingerprint density at radius 2 is 1.94 bits per heavy atom. The second-order valence-corrected chi connectivity index (χ2v) is 12.1. The van der Waals surface area contributed by atoms with Crippen LogP contribution in [0.1, 0.15) is 50.7 Å². The first kappa shape index (κ1) is 26.0. The summed E-state index contributed by atoms with van der Waals surface area (Å²) in [6.07, 6.45) is 8.07. The van der Waals surface area contributed by atoms with E-state index in [0.717, 1.165) is 11.3 Å². The molecule has 0 aliphatic heterocycles. The lowest BCUT2D eigenvalue weighted by Gasteiger charge is -2.24. The fourth-order valence-electron chi connectivity index (χ4n) is 2.62. The van der Waals surface area contributed by atoms with Gasteiger partial charge in [-0.25, -0.2) is 13.2 Å². The van der Waals surface area contributed by atoms with Crippen molar-refractivity contribution >= 4 is 44.7 Å². The van der Waals surface area contributed by atoms with Gasteiger partial charge in [-0.3, -0.25) is 4.79 Å². The Kier molecular flexibility index (Phi) is 8.19. The molecule has 0 saturated carbocycles. The molecule has 32 heavy (non-hydrogen) atoms. The van der Waals surface area contributed by atoms with Gasteiger partial charge in [0, 0.05) is 11.4 Å². The van der Waals surface area contributed by atoms with E-state index in [9.17, 15) is 18.0 Å². The van der Waals surface area contributed by atoms with E-state index in [1.165, 1.54) is 19.2 Å². The van der Waals surface area contributed by atoms with Gasteiger partial charge >= 0.3 is 5.97 Å². The third kappa shape index (κ3) is 6.36. The van der Waals surface area contributed by atoms with Gasteiger partial charge in [0.25, 0.3) is 5.91 Å². The van der Waals surface area contributed by atoms with Crippen molar-refractivity contribution in [2.75, 3.05) is 0 Å². The molecule has 0 bridgehead atoms. The molecular formula is C21H28ClN3O5S2. The Morgan fingerprint density at radius 3 is 2.47 bits per heavy atom. The van der Waals surface area contributed by atoms with Crippen LogP contribution >= 0.6 is 22.9 Å². The average molecular weight is 502 g/mol. The first-order valence-electron chi connectivity index (χ1n) is 9.89. The maximum Gasteiger partial charge on any atom is 0.358 e. The molecule has 0 fully saturated rings. The number of ether oxygens (including phenoxy) is 1. The first-order valence-corrected chi connectivity index (χ1v) is 12.7. The monoisotopic (exact) mass is 501 g/mol. The van der Waals surface area contributed by atoms with E-state index in [4.69, 9.17) is 22.1 Å². The highest BCUT2D eigenvalue weighted by atomic mass is 35.5. The molecule has 0 aromatic carbocycles. The van der Waals surface area contributed by atoms with Crippen LogP contribution in [-0.2, 0) is 19.4 Å². The second kappa shape index (κ2) is 10.1. The smallest absolute Gasteiger partial charge is 0.358 e. The van der Waals surface area contributed by atoms with Gasteiger partial charge in [-0.2, -0.15) is 0 Å². The van der Waals surface area contributed by atoms with Crippen LogP contribution in [0.3, 0.4) is 0 Å². The fourth-order valence-corrected chi connectivity index (χ4v) is 5.60. The summed E-state index contributed by atoms with van der Waals surface area (Å²) >= 11 is 7.08. The highest BCUT2D eigenvalue weighted by Gasteiger charge is 2.29. The van der Waals surface area contributed by atoms with Crippen LogP contribution in [0.25, 0.3) is 0 Å². The molecule has 4 N–H and O–H groups in total. The Hall–Kier alpha value is -2.30. The molecule has 8 nitrogen and oxygen atoms in total. The Bertz CT molecular complexity index is 1080. The van der Waals surface area contributed by atoms with Crippen LogP contribution in [-0.4, -0.2) is 37.2 Å². The highest BCUT2D eigenvalue weighted by Crippen LogP contribution is 2.33. The summed E-state index contributed by atoms with van der Waals surface area (Å²) < 4.78 is 30.3. The van der Waals surface area contributed by atoms with E-state index in [1.807, 2.05) is 24.3 Å². The van der Waals surface area contributed by atoms with Gasteiger partial charge in [0.05, 0.1) is 15.2 Å². The number of rotatable bonds is 7. The Labute approximate surface area is 197 Å². The summed E-state index contributed by atoms with van der Waals surface area (Å²) in [5, 5.41) is 5.87. The van der Waals surface area contributed by atoms with Crippen molar-refractivity contribution in [1.29, 1.82) is 0 Å². The standard InChI is InChI=1S/C21H28ClN3O5S2/c1-12(2)32(28,29)14-11-31-17(15(14)22)19(26)25-18(23)16(20(27)30-21(3,4)5)24-13-9-7-6-8-10-13/h6-9,11-13,24H,10,23H2,1-5H3,(H,25,26)/b18-16+. The second-order valence-electron chi connectivity index (χ2n) is 8.38. The van der Waals surface area contributed by atoms with E-state index in [2.05, 4.69) is 10.6 Å². The van der Waals surface area contributed by atoms with Crippen molar-refractivity contribution in [2.45, 2.75) is 62.8 Å². The van der Waals surface area contributed by atoms with Crippen LogP contribution in [0, 0.1) is 0 Å². The van der Waals surface area contributed by atoms with Gasteiger partial charge in [0.1, 0.15) is 16.3 Å². The fraction of sp³-hybridized carbons (Fsp3) is 0.429. The van der Waals surface area contributed by atoms with Crippen molar-refractivity contribution in [3.05, 3.63) is 51.1 Å². The van der Waals surface area contributed by atoms with Gasteiger partial charge in [0.2, 0.25) is 0 Å². The van der Waals surface area contributed by atoms with Gasteiger partial charge in [0.15, 0.2) is 15.5 Å². The number of nitrogens with two attached hydrogens (primary N) is 1. The van der Waals surface area contributed by atoms with Crippen LogP contribution in [0.4, 0.5) is 0 Å². The molecule has 1 aromatic rings. The lowest BCUT2D eigenvalue weighted by Crippen LogP contribution is -2.40. The molecule has 1 unspecified atom stereocenters. The molecule has 1 heterocycles. The number of carbonyl (C=O) groups excluding carboxylic acids is 2. The van der Waals surface area contributed by atoms with E-state index in [0.29, 0.717) is 6.42 Å². The normalized spacial score (nSPS) is 17.2. The number of sulfone groups is 1. The maximum absolute atomic E-state index is 12.8. The van der Waals surface area contributed by atoms with Gasteiger partial charge < -0.3 is 21.1 Å². The molecule has 176 valence electrons. The molecule has 1 aliphatic rings. The zero-order chi connectivity index (χ0) is 24.3. The number of halogens is 1. The Morgan fingerprint density at radius 1 is 1.28 bits per heavy atom. The van der Waals surface area contributed by atoms with E-state index < -0.39 is 32.6 Å². The third-order valence-electron chi connectivity index (χ3n) is 4.26. The largest absolute Gasteiger partial charge is 0.455 e. The molecule has 2 rings (SSSR count). The van der Waals surface area contributed by atoms with Crippen LogP contribution in [0.5, 0.6) is 0 Å². The summed E-state index contributed by atoms with van der Waals surface area (Å²) in [6.45, 7) is 8.18. The molecule has 0 radical (unpaired) electrons. The van der Waals surface area contributed by atoms with E-state index in [-0.39, 0.29) is 32.4 Å². The number of allylic oxidation sites excluding steroid dienone is 2. The number of carbonyl (C=O) groups is 2. The number of thiophene rings is 1. The summed E-state index contributed by atoms with van der Waals surface area (Å²) in [5.74, 6) is -1.73. The summed E-state index contributed by atoms with van der Waals surface area (Å²) in [7, 11) is -3.66. The Balaban J connectivity index is 2.34.